The van der Waals surface area contributed by atoms with Crippen LogP contribution >= 0.6 is 0 Å². The average Bonchev–Trinajstić information content (AvgIpc) is 2.41. The quantitative estimate of drug-likeness (QED) is 0.835. The molecule has 1 aliphatic carbocycles. The van der Waals surface area contributed by atoms with E-state index in [9.17, 15) is 4.79 Å². The molecule has 2 aliphatic rings. The molecule has 1 saturated heterocycles. The summed E-state index contributed by atoms with van der Waals surface area (Å²) in [7, 11) is 0. The molecule has 0 bridgehead atoms. The van der Waals surface area contributed by atoms with Gasteiger partial charge < -0.3 is 10.6 Å². The van der Waals surface area contributed by atoms with Crippen LogP contribution in [0.25, 0.3) is 0 Å². The van der Waals surface area contributed by atoms with Gasteiger partial charge in [0.25, 0.3) is 0 Å². The van der Waals surface area contributed by atoms with Gasteiger partial charge in [0.2, 0.25) is 5.91 Å². The number of nitrogens with zero attached hydrogens (tertiary/aromatic N) is 1. The Hall–Kier alpha value is -0.570. The lowest BCUT2D eigenvalue weighted by molar-refractivity contribution is -0.140. The van der Waals surface area contributed by atoms with E-state index in [1.54, 1.807) is 0 Å². The fraction of sp³-hybridized carbons (Fsp3) is 0.938. The molecule has 1 aliphatic heterocycles. The molecule has 2 fully saturated rings. The van der Waals surface area contributed by atoms with E-state index in [0.717, 1.165) is 44.2 Å². The average molecular weight is 266 g/mol. The van der Waals surface area contributed by atoms with Crippen LogP contribution in [-0.2, 0) is 4.79 Å². The normalized spacial score (nSPS) is 33.7. The van der Waals surface area contributed by atoms with E-state index in [0.29, 0.717) is 11.8 Å². The van der Waals surface area contributed by atoms with Crippen LogP contribution in [0.4, 0.5) is 0 Å². The number of hydrogen-bond donors (Lipinski definition) is 1. The largest absolute Gasteiger partial charge is 0.342 e. The number of rotatable bonds is 2. The summed E-state index contributed by atoms with van der Waals surface area (Å²) in [4.78, 5) is 14.8. The third kappa shape index (κ3) is 3.31. The fourth-order valence-corrected chi connectivity index (χ4v) is 3.77. The zero-order chi connectivity index (χ0) is 14.0. The zero-order valence-electron chi connectivity index (χ0n) is 12.8. The second kappa shape index (κ2) is 6.25. The molecular weight excluding hydrogens is 236 g/mol. The molecule has 1 heterocycles. The Balaban J connectivity index is 1.90. The van der Waals surface area contributed by atoms with Gasteiger partial charge in [-0.05, 0) is 43.4 Å². The number of hydrogen-bond acceptors (Lipinski definition) is 2. The highest BCUT2D eigenvalue weighted by Crippen LogP contribution is 2.32. The predicted molar refractivity (Wildman–Crippen MR) is 78.6 cm³/mol. The lowest BCUT2D eigenvalue weighted by atomic mass is 9.76. The van der Waals surface area contributed by atoms with Crippen molar-refractivity contribution in [3.8, 4) is 0 Å². The van der Waals surface area contributed by atoms with Gasteiger partial charge >= 0.3 is 0 Å². The van der Waals surface area contributed by atoms with Crippen molar-refractivity contribution in [1.82, 2.24) is 4.90 Å². The van der Waals surface area contributed by atoms with Gasteiger partial charge in [-0.1, -0.05) is 27.2 Å². The van der Waals surface area contributed by atoms with Gasteiger partial charge in [-0.25, -0.2) is 0 Å². The number of carbonyl (C=O) groups excluding carboxylic acids is 1. The maximum Gasteiger partial charge on any atom is 0.226 e. The highest BCUT2D eigenvalue weighted by molar-refractivity contribution is 5.79. The highest BCUT2D eigenvalue weighted by Gasteiger charge is 2.36. The molecule has 0 aromatic carbocycles. The van der Waals surface area contributed by atoms with Crippen molar-refractivity contribution < 1.29 is 4.79 Å². The van der Waals surface area contributed by atoms with Crippen LogP contribution in [0.3, 0.4) is 0 Å². The van der Waals surface area contributed by atoms with Crippen molar-refractivity contribution in [1.29, 1.82) is 0 Å². The molecular formula is C16H30N2O. The van der Waals surface area contributed by atoms with E-state index in [1.165, 1.54) is 12.8 Å². The summed E-state index contributed by atoms with van der Waals surface area (Å²) in [6.07, 6.45) is 5.59. The summed E-state index contributed by atoms with van der Waals surface area (Å²) in [6, 6.07) is 0.218. The fourth-order valence-electron chi connectivity index (χ4n) is 3.77. The summed E-state index contributed by atoms with van der Waals surface area (Å²) >= 11 is 0. The summed E-state index contributed by atoms with van der Waals surface area (Å²) < 4.78 is 0. The number of piperidine rings is 1. The maximum absolute atomic E-state index is 12.7. The second-order valence-corrected chi connectivity index (χ2v) is 6.97. The van der Waals surface area contributed by atoms with Crippen molar-refractivity contribution in [3.05, 3.63) is 0 Å². The first-order chi connectivity index (χ1) is 9.00. The standard InChI is InChI=1S/C16H30N2O/c1-11(2)13-7-9-18(10-8-13)16(19)14-5-4-6-15(17)12(14)3/h11-15H,4-10,17H2,1-3H3. The summed E-state index contributed by atoms with van der Waals surface area (Å²) in [5.74, 6) is 2.46. The predicted octanol–water partition coefficient (Wildman–Crippen LogP) is 2.64. The maximum atomic E-state index is 12.7. The minimum atomic E-state index is 0.180. The van der Waals surface area contributed by atoms with Gasteiger partial charge in [-0.3, -0.25) is 4.79 Å². The summed E-state index contributed by atoms with van der Waals surface area (Å²) in [6.45, 7) is 8.67. The van der Waals surface area contributed by atoms with Crippen LogP contribution in [-0.4, -0.2) is 29.9 Å². The molecule has 3 nitrogen and oxygen atoms in total. The van der Waals surface area contributed by atoms with Crippen molar-refractivity contribution >= 4 is 5.91 Å². The topological polar surface area (TPSA) is 46.3 Å². The van der Waals surface area contributed by atoms with Crippen molar-refractivity contribution in [3.63, 3.8) is 0 Å². The molecule has 1 amide bonds. The molecule has 0 radical (unpaired) electrons. The molecule has 0 aromatic heterocycles. The molecule has 3 unspecified atom stereocenters. The molecule has 2 rings (SSSR count). The number of likely N-dealkylation sites (tertiary alicyclic amines) is 1. The molecule has 1 saturated carbocycles. The number of nitrogens with two attached hydrogens (primary N) is 1. The first-order valence-corrected chi connectivity index (χ1v) is 8.05. The lowest BCUT2D eigenvalue weighted by Crippen LogP contribution is -2.48. The van der Waals surface area contributed by atoms with Crippen LogP contribution in [0.1, 0.15) is 52.9 Å². The smallest absolute Gasteiger partial charge is 0.226 e. The second-order valence-electron chi connectivity index (χ2n) is 6.97. The number of carbonyl (C=O) groups is 1. The number of amides is 1. The zero-order valence-corrected chi connectivity index (χ0v) is 12.8. The van der Waals surface area contributed by atoms with Crippen molar-refractivity contribution in [2.24, 2.45) is 29.4 Å². The van der Waals surface area contributed by atoms with E-state index in [4.69, 9.17) is 5.73 Å². The minimum absolute atomic E-state index is 0.180. The monoisotopic (exact) mass is 266 g/mol. The van der Waals surface area contributed by atoms with Gasteiger partial charge in [0.1, 0.15) is 0 Å². The first-order valence-electron chi connectivity index (χ1n) is 8.05. The summed E-state index contributed by atoms with van der Waals surface area (Å²) in [5.41, 5.74) is 6.13. The molecule has 0 aromatic rings. The van der Waals surface area contributed by atoms with Crippen LogP contribution in [0, 0.1) is 23.7 Å². The van der Waals surface area contributed by atoms with E-state index in [1.807, 2.05) is 0 Å². The Kier molecular flexibility index (Phi) is 4.88. The van der Waals surface area contributed by atoms with Gasteiger partial charge in [0.05, 0.1) is 0 Å². The Morgan fingerprint density at radius 1 is 1.16 bits per heavy atom. The molecule has 2 N–H and O–H groups in total. The van der Waals surface area contributed by atoms with E-state index < -0.39 is 0 Å². The van der Waals surface area contributed by atoms with E-state index in [-0.39, 0.29) is 12.0 Å². The molecule has 3 atom stereocenters. The highest BCUT2D eigenvalue weighted by atomic mass is 16.2. The van der Waals surface area contributed by atoms with Gasteiger partial charge in [-0.2, -0.15) is 0 Å². The van der Waals surface area contributed by atoms with Crippen molar-refractivity contribution in [2.45, 2.75) is 58.9 Å². The molecule has 3 heteroatoms. The Bertz CT molecular complexity index is 308. The van der Waals surface area contributed by atoms with Gasteiger partial charge in [0.15, 0.2) is 0 Å². The van der Waals surface area contributed by atoms with E-state index in [2.05, 4.69) is 25.7 Å². The van der Waals surface area contributed by atoms with Crippen LogP contribution < -0.4 is 5.73 Å². The SMILES string of the molecule is CC(C)C1CCN(C(=O)C2CCCC(N)C2C)CC1. The first kappa shape index (κ1) is 14.8. The van der Waals surface area contributed by atoms with Crippen LogP contribution in [0.15, 0.2) is 0 Å². The van der Waals surface area contributed by atoms with Gasteiger partial charge in [-0.15, -0.1) is 0 Å². The minimum Gasteiger partial charge on any atom is -0.342 e. The van der Waals surface area contributed by atoms with E-state index >= 15 is 0 Å². The molecule has 19 heavy (non-hydrogen) atoms. The Morgan fingerprint density at radius 2 is 1.79 bits per heavy atom. The van der Waals surface area contributed by atoms with Crippen LogP contribution in [0.5, 0.6) is 0 Å². The lowest BCUT2D eigenvalue weighted by Gasteiger charge is -2.39. The summed E-state index contributed by atoms with van der Waals surface area (Å²) in [5, 5.41) is 0. The Labute approximate surface area is 117 Å². The third-order valence-electron chi connectivity index (χ3n) is 5.47. The third-order valence-corrected chi connectivity index (χ3v) is 5.47. The Morgan fingerprint density at radius 3 is 2.37 bits per heavy atom. The van der Waals surface area contributed by atoms with Crippen molar-refractivity contribution in [2.75, 3.05) is 13.1 Å². The molecule has 0 spiro atoms. The van der Waals surface area contributed by atoms with Gasteiger partial charge in [0, 0.05) is 25.0 Å². The molecule has 110 valence electrons. The van der Waals surface area contributed by atoms with Crippen LogP contribution in [0.2, 0.25) is 0 Å².